The molecule has 2 N–H and O–H groups in total. The highest BCUT2D eigenvalue weighted by molar-refractivity contribution is 7.92. The van der Waals surface area contributed by atoms with Crippen LogP contribution in [-0.4, -0.2) is 45.7 Å². The molecule has 0 bridgehead atoms. The molecule has 2 aromatic carbocycles. The minimum atomic E-state index is -3.85. The fraction of sp³-hybridized carbons (Fsp3) is 0.333. The average Bonchev–Trinajstić information content (AvgIpc) is 2.64. The Labute approximate surface area is 187 Å². The molecular formula is C21H26ClN3O5S. The highest BCUT2D eigenvalue weighted by Crippen LogP contribution is 2.32. The summed E-state index contributed by atoms with van der Waals surface area (Å²) in [6.45, 7) is 4.99. The summed E-state index contributed by atoms with van der Waals surface area (Å²) >= 11 is 6.02. The van der Waals surface area contributed by atoms with E-state index in [9.17, 15) is 18.0 Å². The maximum absolute atomic E-state index is 12.8. The van der Waals surface area contributed by atoms with E-state index in [0.717, 1.165) is 10.6 Å². The molecule has 2 amide bonds. The first-order valence-corrected chi connectivity index (χ1v) is 11.6. The monoisotopic (exact) mass is 467 g/mol. The third-order valence-electron chi connectivity index (χ3n) is 4.03. The lowest BCUT2D eigenvalue weighted by molar-refractivity contribution is -0.114. The molecular weight excluding hydrogens is 442 g/mol. The quantitative estimate of drug-likeness (QED) is 0.650. The average molecular weight is 468 g/mol. The van der Waals surface area contributed by atoms with E-state index in [1.54, 1.807) is 30.3 Å². The molecule has 0 spiro atoms. The number of sulfonamides is 1. The lowest BCUT2D eigenvalue weighted by atomic mass is 10.1. The summed E-state index contributed by atoms with van der Waals surface area (Å²) in [6.07, 6.45) is 0.978. The second-order valence-corrected chi connectivity index (χ2v) is 10.2. The molecule has 10 heteroatoms. The van der Waals surface area contributed by atoms with E-state index in [1.165, 1.54) is 19.2 Å². The molecule has 0 aliphatic heterocycles. The van der Waals surface area contributed by atoms with Crippen molar-refractivity contribution in [2.24, 2.45) is 0 Å². The van der Waals surface area contributed by atoms with Gasteiger partial charge in [0.15, 0.2) is 0 Å². The molecule has 0 aromatic heterocycles. The Hall–Kier alpha value is -2.78. The zero-order chi connectivity index (χ0) is 23.4. The number of para-hydroxylation sites is 1. The van der Waals surface area contributed by atoms with Crippen molar-refractivity contribution in [2.45, 2.75) is 26.3 Å². The summed E-state index contributed by atoms with van der Waals surface area (Å²) < 4.78 is 30.9. The molecule has 0 aliphatic carbocycles. The van der Waals surface area contributed by atoms with Crippen LogP contribution in [0.4, 0.5) is 11.4 Å². The van der Waals surface area contributed by atoms with E-state index >= 15 is 0 Å². The van der Waals surface area contributed by atoms with Gasteiger partial charge in [0.25, 0.3) is 5.91 Å². The van der Waals surface area contributed by atoms with Gasteiger partial charge in [-0.2, -0.15) is 0 Å². The molecule has 31 heavy (non-hydrogen) atoms. The molecule has 2 rings (SSSR count). The number of methoxy groups -OCH3 is 1. The number of carbonyl (C=O) groups is 2. The smallest absolute Gasteiger partial charge is 0.253 e. The van der Waals surface area contributed by atoms with Crippen molar-refractivity contribution in [1.82, 2.24) is 5.32 Å². The number of anilines is 2. The second kappa shape index (κ2) is 9.57. The first-order chi connectivity index (χ1) is 14.3. The van der Waals surface area contributed by atoms with E-state index in [2.05, 4.69) is 10.6 Å². The maximum Gasteiger partial charge on any atom is 0.253 e. The minimum absolute atomic E-state index is 0.131. The fourth-order valence-electron chi connectivity index (χ4n) is 2.76. The van der Waals surface area contributed by atoms with Gasteiger partial charge < -0.3 is 15.4 Å². The Kier molecular flexibility index (Phi) is 7.56. The lowest BCUT2D eigenvalue weighted by Crippen LogP contribution is -2.41. The van der Waals surface area contributed by atoms with Crippen LogP contribution in [0.1, 0.15) is 31.1 Å². The molecule has 168 valence electrons. The fourth-order valence-corrected chi connectivity index (χ4v) is 3.78. The third-order valence-corrected chi connectivity index (χ3v) is 5.39. The van der Waals surface area contributed by atoms with E-state index < -0.39 is 28.0 Å². The van der Waals surface area contributed by atoms with Crippen molar-refractivity contribution >= 4 is 44.8 Å². The Morgan fingerprint density at radius 1 is 1.13 bits per heavy atom. The summed E-state index contributed by atoms with van der Waals surface area (Å²) in [5.41, 5.74) is 0.189. The van der Waals surface area contributed by atoms with Gasteiger partial charge in [0.1, 0.15) is 12.3 Å². The first-order valence-electron chi connectivity index (χ1n) is 9.34. The van der Waals surface area contributed by atoms with E-state index in [-0.39, 0.29) is 33.6 Å². The number of nitrogens with one attached hydrogen (secondary N) is 2. The molecule has 0 saturated heterocycles. The van der Waals surface area contributed by atoms with Gasteiger partial charge in [-0.1, -0.05) is 23.7 Å². The summed E-state index contributed by atoms with van der Waals surface area (Å²) in [6, 6.07) is 10.9. The molecule has 0 fully saturated rings. The summed E-state index contributed by atoms with van der Waals surface area (Å²) in [7, 11) is -2.46. The maximum atomic E-state index is 12.8. The highest BCUT2D eigenvalue weighted by Gasteiger charge is 2.25. The van der Waals surface area contributed by atoms with Crippen molar-refractivity contribution < 1.29 is 22.7 Å². The molecule has 2 aromatic rings. The third kappa shape index (κ3) is 6.86. The normalized spacial score (nSPS) is 11.5. The molecule has 0 atom stereocenters. The molecule has 0 heterocycles. The van der Waals surface area contributed by atoms with Crippen LogP contribution in [0.5, 0.6) is 5.75 Å². The van der Waals surface area contributed by atoms with Crippen molar-refractivity contribution in [3.05, 3.63) is 53.1 Å². The molecule has 0 saturated carbocycles. The Morgan fingerprint density at radius 2 is 1.77 bits per heavy atom. The number of amides is 2. The number of hydrogen-bond donors (Lipinski definition) is 2. The number of hydrogen-bond acceptors (Lipinski definition) is 5. The van der Waals surface area contributed by atoms with Gasteiger partial charge in [0.05, 0.1) is 30.3 Å². The molecule has 0 radical (unpaired) electrons. The van der Waals surface area contributed by atoms with Crippen LogP contribution < -0.4 is 19.7 Å². The number of benzene rings is 2. The van der Waals surface area contributed by atoms with Gasteiger partial charge in [0.2, 0.25) is 15.9 Å². The number of halogens is 1. The van der Waals surface area contributed by atoms with Crippen molar-refractivity contribution in [2.75, 3.05) is 29.5 Å². The molecule has 8 nitrogen and oxygen atoms in total. The van der Waals surface area contributed by atoms with Crippen LogP contribution in [0.3, 0.4) is 0 Å². The van der Waals surface area contributed by atoms with Gasteiger partial charge in [-0.3, -0.25) is 13.9 Å². The zero-order valence-corrected chi connectivity index (χ0v) is 19.6. The van der Waals surface area contributed by atoms with Crippen LogP contribution in [-0.2, 0) is 14.8 Å². The standard InChI is InChI=1S/C21H26ClN3O5S/c1-21(2,3)24-20(27)15-8-6-7-9-16(15)23-19(26)13-25(31(5,28)29)17-12-14(22)10-11-18(17)30-4/h6-12H,13H2,1-5H3,(H,23,26)(H,24,27). The van der Waals surface area contributed by atoms with Crippen molar-refractivity contribution in [3.8, 4) is 5.75 Å². The van der Waals surface area contributed by atoms with E-state index in [4.69, 9.17) is 16.3 Å². The van der Waals surface area contributed by atoms with Crippen molar-refractivity contribution in [1.29, 1.82) is 0 Å². The number of carbonyl (C=O) groups excluding carboxylic acids is 2. The summed E-state index contributed by atoms with van der Waals surface area (Å²) in [5.74, 6) is -0.754. The van der Waals surface area contributed by atoms with Gasteiger partial charge in [0, 0.05) is 10.6 Å². The first kappa shape index (κ1) is 24.5. The largest absolute Gasteiger partial charge is 0.495 e. The Morgan fingerprint density at radius 3 is 2.35 bits per heavy atom. The van der Waals surface area contributed by atoms with Gasteiger partial charge in [-0.15, -0.1) is 0 Å². The molecule has 0 aliphatic rings. The SMILES string of the molecule is COc1ccc(Cl)cc1N(CC(=O)Nc1ccccc1C(=O)NC(C)(C)C)S(C)(=O)=O. The number of rotatable bonds is 7. The topological polar surface area (TPSA) is 105 Å². The van der Waals surface area contributed by atoms with Crippen LogP contribution >= 0.6 is 11.6 Å². The van der Waals surface area contributed by atoms with Crippen LogP contribution in [0.2, 0.25) is 5.02 Å². The Balaban J connectivity index is 2.32. The second-order valence-electron chi connectivity index (χ2n) is 7.88. The lowest BCUT2D eigenvalue weighted by Gasteiger charge is -2.24. The van der Waals surface area contributed by atoms with E-state index in [0.29, 0.717) is 0 Å². The van der Waals surface area contributed by atoms with Crippen LogP contribution in [0, 0.1) is 0 Å². The molecule has 0 unspecified atom stereocenters. The van der Waals surface area contributed by atoms with Crippen LogP contribution in [0.15, 0.2) is 42.5 Å². The number of nitrogens with zero attached hydrogens (tertiary/aromatic N) is 1. The number of ether oxygens (including phenoxy) is 1. The highest BCUT2D eigenvalue weighted by atomic mass is 35.5. The van der Waals surface area contributed by atoms with E-state index in [1.807, 2.05) is 20.8 Å². The van der Waals surface area contributed by atoms with Gasteiger partial charge in [-0.25, -0.2) is 8.42 Å². The van der Waals surface area contributed by atoms with Gasteiger partial charge in [-0.05, 0) is 51.1 Å². The predicted octanol–water partition coefficient (Wildman–Crippen LogP) is 3.28. The summed E-state index contributed by atoms with van der Waals surface area (Å²) in [4.78, 5) is 25.4. The minimum Gasteiger partial charge on any atom is -0.495 e. The zero-order valence-electron chi connectivity index (χ0n) is 18.0. The summed E-state index contributed by atoms with van der Waals surface area (Å²) in [5, 5.41) is 5.74. The Bertz CT molecular complexity index is 1080. The van der Waals surface area contributed by atoms with Gasteiger partial charge >= 0.3 is 0 Å². The van der Waals surface area contributed by atoms with Crippen LogP contribution in [0.25, 0.3) is 0 Å². The van der Waals surface area contributed by atoms with Crippen molar-refractivity contribution in [3.63, 3.8) is 0 Å². The predicted molar refractivity (Wildman–Crippen MR) is 122 cm³/mol.